The number of phenols is 1. The summed E-state index contributed by atoms with van der Waals surface area (Å²) in [5.41, 5.74) is -0.606. The molecular weight excluding hydrogens is 642 g/mol. The molecule has 3 aliphatic heterocycles. The molecule has 1 amide bonds. The molecule has 1 N–H and O–H groups in total. The molecule has 3 fully saturated rings. The Balaban J connectivity index is 1.37. The first kappa shape index (κ1) is 32.1. The largest absolute Gasteiger partial charge is 0.508 e. The highest BCUT2D eigenvalue weighted by Crippen LogP contribution is 2.41. The minimum Gasteiger partial charge on any atom is -0.508 e. The van der Waals surface area contributed by atoms with Gasteiger partial charge in [-0.25, -0.2) is 17.6 Å². The molecule has 5 atom stereocenters. The second-order valence-electron chi connectivity index (χ2n) is 12.6. The van der Waals surface area contributed by atoms with Gasteiger partial charge in [0.05, 0.1) is 35.0 Å². The molecular formula is C35H29F4N7O3. The zero-order valence-corrected chi connectivity index (χ0v) is 26.2. The van der Waals surface area contributed by atoms with Crippen molar-refractivity contribution in [3.63, 3.8) is 0 Å². The average Bonchev–Trinajstić information content (AvgIpc) is 3.52. The molecule has 0 radical (unpaired) electrons. The van der Waals surface area contributed by atoms with Crippen LogP contribution in [-0.4, -0.2) is 93.4 Å². The van der Waals surface area contributed by atoms with Crippen molar-refractivity contribution >= 4 is 33.4 Å². The molecule has 0 aliphatic carbocycles. The monoisotopic (exact) mass is 671 g/mol. The molecule has 2 bridgehead atoms. The molecule has 7 rings (SSSR count). The highest BCUT2D eigenvalue weighted by atomic mass is 19.1. The van der Waals surface area contributed by atoms with Crippen molar-refractivity contribution in [1.29, 1.82) is 5.26 Å². The number of fused-ring (bicyclic) bond motifs is 4. The van der Waals surface area contributed by atoms with Gasteiger partial charge in [0.15, 0.2) is 11.6 Å². The number of halogens is 4. The van der Waals surface area contributed by atoms with Crippen LogP contribution in [-0.2, 0) is 4.79 Å². The van der Waals surface area contributed by atoms with Crippen LogP contribution in [0.3, 0.4) is 0 Å². The van der Waals surface area contributed by atoms with E-state index in [1.807, 2.05) is 0 Å². The fraction of sp³-hybridized carbons (Fsp3) is 0.343. The Morgan fingerprint density at radius 2 is 2.00 bits per heavy atom. The maximum absolute atomic E-state index is 16.8. The summed E-state index contributed by atoms with van der Waals surface area (Å²) in [5, 5.41) is 21.0. The number of nitriles is 1. The molecule has 4 aromatic rings. The van der Waals surface area contributed by atoms with E-state index in [-0.39, 0.29) is 95.8 Å². The molecule has 250 valence electrons. The van der Waals surface area contributed by atoms with E-state index in [2.05, 4.69) is 33.5 Å². The number of aromatic nitrogens is 3. The summed E-state index contributed by atoms with van der Waals surface area (Å²) in [6.07, 6.45) is 6.46. The Labute approximate surface area is 278 Å². The number of carbonyl (C=O) groups excluding carboxylic acids is 1. The van der Waals surface area contributed by atoms with Gasteiger partial charge in [0.2, 0.25) is 0 Å². The number of likely N-dealkylation sites (N-methyl/N-ethyl adjacent to an activating group) is 1. The number of nitrogens with zero attached hydrogens (tertiary/aromatic N) is 7. The highest BCUT2D eigenvalue weighted by Gasteiger charge is 2.50. The molecule has 0 spiro atoms. The number of benzene rings is 2. The van der Waals surface area contributed by atoms with E-state index < -0.39 is 47.5 Å². The summed E-state index contributed by atoms with van der Waals surface area (Å²) < 4.78 is 65.7. The summed E-state index contributed by atoms with van der Waals surface area (Å²) in [4.78, 5) is 31.0. The van der Waals surface area contributed by atoms with Gasteiger partial charge < -0.3 is 19.6 Å². The van der Waals surface area contributed by atoms with Gasteiger partial charge in [-0.1, -0.05) is 18.6 Å². The number of terminal acetylenes is 1. The van der Waals surface area contributed by atoms with Crippen LogP contribution in [0.2, 0.25) is 0 Å². The molecule has 3 aliphatic rings. The van der Waals surface area contributed by atoms with Gasteiger partial charge in [-0.3, -0.25) is 14.7 Å². The van der Waals surface area contributed by atoms with Crippen molar-refractivity contribution in [3.05, 3.63) is 60.1 Å². The number of ether oxygens (including phenoxy) is 1. The summed E-state index contributed by atoms with van der Waals surface area (Å²) in [6, 6.07) is 5.59. The van der Waals surface area contributed by atoms with E-state index >= 15 is 4.39 Å². The highest BCUT2D eigenvalue weighted by molar-refractivity contribution is 6.03. The third kappa shape index (κ3) is 5.42. The van der Waals surface area contributed by atoms with Gasteiger partial charge in [-0.05, 0) is 43.5 Å². The second-order valence-corrected chi connectivity index (χ2v) is 12.6. The maximum Gasteiger partial charge on any atom is 0.319 e. The lowest BCUT2D eigenvalue weighted by atomic mass is 9.96. The average molecular weight is 672 g/mol. The standard InChI is InChI=1S/C35H29F4N7O3/c1-4-24-27(38)6-5-18-8-23(47)10-25(29(18)24)31-30(39)32-26(12-41-31)33(43-35(42-32)49-16-22-9-20(37)13-44(22)3)45-14-21-7-19(11-40)28(15-45)46(21)34(48)17(2)36/h1,5-6,8,10,12,19-22,28,47H,2,7,9,13-16H2,3H3/t19?,20-,21-,22+,28-/m1/s1. The number of anilines is 1. The van der Waals surface area contributed by atoms with E-state index in [4.69, 9.17) is 11.2 Å². The lowest BCUT2D eigenvalue weighted by molar-refractivity contribution is -0.132. The normalized spacial score (nSPS) is 23.5. The Hall–Kier alpha value is -5.47. The van der Waals surface area contributed by atoms with Gasteiger partial charge in [0, 0.05) is 42.8 Å². The zero-order chi connectivity index (χ0) is 34.7. The summed E-state index contributed by atoms with van der Waals surface area (Å²) in [5.74, 6) is -2.01. The minimum atomic E-state index is -1.14. The van der Waals surface area contributed by atoms with Crippen LogP contribution in [0.15, 0.2) is 42.9 Å². The lowest BCUT2D eigenvalue weighted by Crippen LogP contribution is -2.57. The van der Waals surface area contributed by atoms with Crippen molar-refractivity contribution in [3.8, 4) is 41.4 Å². The van der Waals surface area contributed by atoms with Crippen molar-refractivity contribution in [1.82, 2.24) is 24.8 Å². The summed E-state index contributed by atoms with van der Waals surface area (Å²) in [7, 11) is 1.76. The number of alkyl halides is 1. The molecule has 14 heteroatoms. The van der Waals surface area contributed by atoms with Crippen LogP contribution in [0.5, 0.6) is 11.8 Å². The third-order valence-corrected chi connectivity index (χ3v) is 9.65. The summed E-state index contributed by atoms with van der Waals surface area (Å²) >= 11 is 0. The summed E-state index contributed by atoms with van der Waals surface area (Å²) in [6.45, 7) is 3.56. The van der Waals surface area contributed by atoms with E-state index in [1.54, 1.807) is 16.8 Å². The molecule has 10 nitrogen and oxygen atoms in total. The fourth-order valence-corrected chi connectivity index (χ4v) is 7.37. The lowest BCUT2D eigenvalue weighted by Gasteiger charge is -2.41. The molecule has 5 heterocycles. The van der Waals surface area contributed by atoms with E-state index in [0.29, 0.717) is 5.39 Å². The molecule has 3 saturated heterocycles. The number of piperazine rings is 1. The first-order valence-corrected chi connectivity index (χ1v) is 15.6. The Kier molecular flexibility index (Phi) is 7.99. The number of rotatable bonds is 6. The SMILES string of the molecule is C#Cc1c(F)ccc2cc(O)cc(-c3ncc4c(N5C[C@H]6CC(C#N)[C@@H](C5)N6C(=O)C(=C)F)nc(OC[C@@H]5C[C@@H](F)CN5C)nc4c3F)c12. The van der Waals surface area contributed by atoms with Crippen LogP contribution in [0, 0.1) is 41.2 Å². The second kappa shape index (κ2) is 12.2. The van der Waals surface area contributed by atoms with Crippen LogP contribution in [0.1, 0.15) is 18.4 Å². The molecule has 0 saturated carbocycles. The number of hydrogen-bond donors (Lipinski definition) is 1. The Morgan fingerprint density at radius 3 is 2.69 bits per heavy atom. The van der Waals surface area contributed by atoms with E-state index in [0.717, 1.165) is 6.07 Å². The third-order valence-electron chi connectivity index (χ3n) is 9.65. The molecule has 2 aromatic heterocycles. The first-order valence-electron chi connectivity index (χ1n) is 15.6. The number of amides is 1. The van der Waals surface area contributed by atoms with E-state index in [1.165, 1.54) is 29.3 Å². The topological polar surface area (TPSA) is 119 Å². The number of aromatic hydroxyl groups is 1. The predicted octanol–water partition coefficient (Wildman–Crippen LogP) is 4.64. The van der Waals surface area contributed by atoms with Crippen molar-refractivity contribution in [2.75, 3.05) is 38.2 Å². The fourth-order valence-electron chi connectivity index (χ4n) is 7.37. The van der Waals surface area contributed by atoms with Gasteiger partial charge in [0.1, 0.15) is 41.4 Å². The van der Waals surface area contributed by atoms with Crippen molar-refractivity contribution in [2.24, 2.45) is 5.92 Å². The van der Waals surface area contributed by atoms with Crippen LogP contribution < -0.4 is 9.64 Å². The van der Waals surface area contributed by atoms with Crippen molar-refractivity contribution in [2.45, 2.75) is 37.1 Å². The predicted molar refractivity (Wildman–Crippen MR) is 172 cm³/mol. The number of likely N-dealkylation sites (tertiary alicyclic amines) is 1. The maximum atomic E-state index is 16.8. The molecule has 2 aromatic carbocycles. The zero-order valence-electron chi connectivity index (χ0n) is 26.2. The smallest absolute Gasteiger partial charge is 0.319 e. The quantitative estimate of drug-likeness (QED) is 0.178. The Bertz CT molecular complexity index is 2130. The van der Waals surface area contributed by atoms with Gasteiger partial charge in [-0.2, -0.15) is 15.2 Å². The van der Waals surface area contributed by atoms with Crippen LogP contribution in [0.25, 0.3) is 32.9 Å². The van der Waals surface area contributed by atoms with Gasteiger partial charge in [-0.15, -0.1) is 6.42 Å². The van der Waals surface area contributed by atoms with Crippen LogP contribution >= 0.6 is 0 Å². The van der Waals surface area contributed by atoms with E-state index in [9.17, 15) is 28.3 Å². The Morgan fingerprint density at radius 1 is 1.20 bits per heavy atom. The molecule has 1 unspecified atom stereocenters. The number of carbonyl (C=O) groups is 1. The number of pyridine rings is 1. The number of phenolic OH excluding ortho intramolecular Hbond substituents is 1. The molecule has 49 heavy (non-hydrogen) atoms. The van der Waals surface area contributed by atoms with Gasteiger partial charge >= 0.3 is 6.01 Å². The van der Waals surface area contributed by atoms with Gasteiger partial charge in [0.25, 0.3) is 5.91 Å². The number of hydrogen-bond acceptors (Lipinski definition) is 9. The minimum absolute atomic E-state index is 0.00603. The first-order chi connectivity index (χ1) is 23.5. The van der Waals surface area contributed by atoms with Crippen LogP contribution in [0.4, 0.5) is 23.4 Å². The van der Waals surface area contributed by atoms with Crippen molar-refractivity contribution < 1.29 is 32.2 Å².